The van der Waals surface area contributed by atoms with Crippen molar-refractivity contribution in [1.29, 1.82) is 0 Å². The van der Waals surface area contributed by atoms with E-state index in [1.165, 1.54) is 5.56 Å². The fourth-order valence-corrected chi connectivity index (χ4v) is 4.19. The molecule has 3 aromatic rings. The maximum Gasteiger partial charge on any atom is 0.325 e. The number of hydrogen-bond acceptors (Lipinski definition) is 4. The van der Waals surface area contributed by atoms with Crippen molar-refractivity contribution in [2.24, 2.45) is 4.99 Å². The lowest BCUT2D eigenvalue weighted by molar-refractivity contribution is -0.135. The van der Waals surface area contributed by atoms with Gasteiger partial charge in [0.25, 0.3) is 0 Å². The highest BCUT2D eigenvalue weighted by Crippen LogP contribution is 2.23. The van der Waals surface area contributed by atoms with E-state index in [2.05, 4.69) is 27.3 Å². The zero-order valence-electron chi connectivity index (χ0n) is 18.4. The number of aliphatic imine (C=N–C) groups is 1. The standard InChI is InChI=1S/C27H27N3O3/c31-25(32)18-28-26(21-11-5-2-6-12-21)22-13-7-14-23(17-22)29-27(33)24-15-8-16-30(24)19-20-9-3-1-4-10-20/h1-7,9-14,17,24H,8,15-16,18-19H2,(H,29,33)(H,31,32)/t24-/m0/s1. The monoisotopic (exact) mass is 441 g/mol. The van der Waals surface area contributed by atoms with Gasteiger partial charge in [-0.1, -0.05) is 72.8 Å². The summed E-state index contributed by atoms with van der Waals surface area (Å²) < 4.78 is 0. The van der Waals surface area contributed by atoms with Crippen LogP contribution in [0.2, 0.25) is 0 Å². The molecule has 0 aromatic heterocycles. The first-order valence-corrected chi connectivity index (χ1v) is 11.1. The first-order chi connectivity index (χ1) is 16.1. The average Bonchev–Trinajstić information content (AvgIpc) is 3.29. The van der Waals surface area contributed by atoms with Gasteiger partial charge in [-0.3, -0.25) is 19.5 Å². The molecule has 0 unspecified atom stereocenters. The molecular weight excluding hydrogens is 414 g/mol. The van der Waals surface area contributed by atoms with Crippen molar-refractivity contribution >= 4 is 23.3 Å². The molecule has 0 bridgehead atoms. The highest BCUT2D eigenvalue weighted by atomic mass is 16.4. The number of carboxylic acids is 1. The molecule has 33 heavy (non-hydrogen) atoms. The number of nitrogens with one attached hydrogen (secondary N) is 1. The largest absolute Gasteiger partial charge is 0.480 e. The second-order valence-corrected chi connectivity index (χ2v) is 8.11. The van der Waals surface area contributed by atoms with Crippen LogP contribution in [0.1, 0.15) is 29.5 Å². The molecule has 1 aliphatic heterocycles. The fraction of sp³-hybridized carbons (Fsp3) is 0.222. The van der Waals surface area contributed by atoms with Gasteiger partial charge in [0.2, 0.25) is 5.91 Å². The number of benzene rings is 3. The van der Waals surface area contributed by atoms with E-state index in [9.17, 15) is 9.59 Å². The lowest BCUT2D eigenvalue weighted by atomic mass is 10.0. The predicted octanol–water partition coefficient (Wildman–Crippen LogP) is 4.21. The van der Waals surface area contributed by atoms with Gasteiger partial charge >= 0.3 is 5.97 Å². The van der Waals surface area contributed by atoms with Crippen LogP contribution in [-0.4, -0.2) is 46.7 Å². The summed E-state index contributed by atoms with van der Waals surface area (Å²) in [5, 5.41) is 12.2. The van der Waals surface area contributed by atoms with Crippen LogP contribution in [0.25, 0.3) is 0 Å². The van der Waals surface area contributed by atoms with Crippen molar-refractivity contribution in [3.8, 4) is 0 Å². The lowest BCUT2D eigenvalue weighted by Gasteiger charge is -2.24. The summed E-state index contributed by atoms with van der Waals surface area (Å²) in [5.41, 5.74) is 4.03. The highest BCUT2D eigenvalue weighted by molar-refractivity contribution is 6.14. The van der Waals surface area contributed by atoms with Gasteiger partial charge in [0.05, 0.1) is 11.8 Å². The average molecular weight is 442 g/mol. The van der Waals surface area contributed by atoms with Crippen LogP contribution in [0.5, 0.6) is 0 Å². The molecule has 1 atom stereocenters. The Morgan fingerprint density at radius 3 is 2.36 bits per heavy atom. The summed E-state index contributed by atoms with van der Waals surface area (Å²) in [6.07, 6.45) is 1.82. The second kappa shape index (κ2) is 10.7. The molecule has 1 fully saturated rings. The Morgan fingerprint density at radius 1 is 0.939 bits per heavy atom. The Balaban J connectivity index is 1.51. The van der Waals surface area contributed by atoms with E-state index in [1.54, 1.807) is 0 Å². The number of carbonyl (C=O) groups excluding carboxylic acids is 1. The summed E-state index contributed by atoms with van der Waals surface area (Å²) in [7, 11) is 0. The van der Waals surface area contributed by atoms with Gasteiger partial charge in [0, 0.05) is 23.4 Å². The number of amides is 1. The van der Waals surface area contributed by atoms with Crippen molar-refractivity contribution < 1.29 is 14.7 Å². The third-order valence-corrected chi connectivity index (χ3v) is 5.72. The van der Waals surface area contributed by atoms with Gasteiger partial charge in [-0.2, -0.15) is 0 Å². The molecule has 0 radical (unpaired) electrons. The number of nitrogens with zero attached hydrogens (tertiary/aromatic N) is 2. The van der Waals surface area contributed by atoms with Crippen molar-refractivity contribution in [3.63, 3.8) is 0 Å². The number of anilines is 1. The number of hydrogen-bond donors (Lipinski definition) is 2. The van der Waals surface area contributed by atoms with Gasteiger partial charge < -0.3 is 10.4 Å². The van der Waals surface area contributed by atoms with Crippen molar-refractivity contribution in [2.45, 2.75) is 25.4 Å². The van der Waals surface area contributed by atoms with Gasteiger partial charge in [-0.05, 0) is 37.1 Å². The van der Waals surface area contributed by atoms with E-state index in [-0.39, 0.29) is 18.5 Å². The van der Waals surface area contributed by atoms with E-state index in [0.717, 1.165) is 37.1 Å². The van der Waals surface area contributed by atoms with Gasteiger partial charge in [-0.25, -0.2) is 0 Å². The SMILES string of the molecule is O=C(O)CN=C(c1ccccc1)c1cccc(NC(=O)[C@@H]2CCCN2Cc2ccccc2)c1. The van der Waals surface area contributed by atoms with Crippen LogP contribution in [0, 0.1) is 0 Å². The Kier molecular flexibility index (Phi) is 7.27. The molecular formula is C27H27N3O3. The number of rotatable bonds is 8. The third-order valence-electron chi connectivity index (χ3n) is 5.72. The maximum absolute atomic E-state index is 13.1. The van der Waals surface area contributed by atoms with Crippen LogP contribution in [0.4, 0.5) is 5.69 Å². The minimum atomic E-state index is -0.993. The Bertz CT molecular complexity index is 1130. The summed E-state index contributed by atoms with van der Waals surface area (Å²) in [6, 6.07) is 26.9. The van der Waals surface area contributed by atoms with E-state index in [1.807, 2.05) is 72.8 Å². The van der Waals surface area contributed by atoms with Crippen LogP contribution >= 0.6 is 0 Å². The quantitative estimate of drug-likeness (QED) is 0.513. The molecule has 1 aliphatic rings. The molecule has 168 valence electrons. The minimum Gasteiger partial charge on any atom is -0.480 e. The molecule has 6 nitrogen and oxygen atoms in total. The topological polar surface area (TPSA) is 82.0 Å². The van der Waals surface area contributed by atoms with Crippen molar-refractivity contribution in [3.05, 3.63) is 102 Å². The number of carboxylic acid groups (broad SMARTS) is 1. The number of carbonyl (C=O) groups is 2. The summed E-state index contributed by atoms with van der Waals surface area (Å²) >= 11 is 0. The molecule has 1 heterocycles. The van der Waals surface area contributed by atoms with Crippen LogP contribution in [0.15, 0.2) is 89.9 Å². The summed E-state index contributed by atoms with van der Waals surface area (Å²) in [6.45, 7) is 1.32. The van der Waals surface area contributed by atoms with E-state index in [4.69, 9.17) is 5.11 Å². The van der Waals surface area contributed by atoms with Gasteiger partial charge in [-0.15, -0.1) is 0 Å². The molecule has 1 amide bonds. The molecule has 2 N–H and O–H groups in total. The van der Waals surface area contributed by atoms with Gasteiger partial charge in [0.1, 0.15) is 6.54 Å². The zero-order chi connectivity index (χ0) is 23.0. The highest BCUT2D eigenvalue weighted by Gasteiger charge is 2.30. The van der Waals surface area contributed by atoms with Crippen molar-refractivity contribution in [2.75, 3.05) is 18.4 Å². The molecule has 1 saturated heterocycles. The fourth-order valence-electron chi connectivity index (χ4n) is 4.19. The maximum atomic E-state index is 13.1. The van der Waals surface area contributed by atoms with Crippen LogP contribution in [0.3, 0.4) is 0 Å². The third kappa shape index (κ3) is 5.93. The first-order valence-electron chi connectivity index (χ1n) is 11.1. The number of likely N-dealkylation sites (tertiary alicyclic amines) is 1. The van der Waals surface area contributed by atoms with Crippen LogP contribution in [-0.2, 0) is 16.1 Å². The Labute approximate surface area is 193 Å². The van der Waals surface area contributed by atoms with E-state index >= 15 is 0 Å². The first kappa shape index (κ1) is 22.4. The summed E-state index contributed by atoms with van der Waals surface area (Å²) in [4.78, 5) is 30.8. The molecule has 0 saturated carbocycles. The smallest absolute Gasteiger partial charge is 0.325 e. The second-order valence-electron chi connectivity index (χ2n) is 8.11. The molecule has 3 aromatic carbocycles. The molecule has 6 heteroatoms. The predicted molar refractivity (Wildman–Crippen MR) is 130 cm³/mol. The normalized spacial score (nSPS) is 16.5. The zero-order valence-corrected chi connectivity index (χ0v) is 18.4. The van der Waals surface area contributed by atoms with E-state index < -0.39 is 5.97 Å². The van der Waals surface area contributed by atoms with E-state index in [0.29, 0.717) is 11.4 Å². The molecule has 0 aliphatic carbocycles. The Morgan fingerprint density at radius 2 is 1.64 bits per heavy atom. The molecule has 0 spiro atoms. The van der Waals surface area contributed by atoms with Gasteiger partial charge in [0.15, 0.2) is 0 Å². The van der Waals surface area contributed by atoms with Crippen molar-refractivity contribution in [1.82, 2.24) is 4.90 Å². The Hall–Kier alpha value is -3.77. The molecule has 4 rings (SSSR count). The number of aliphatic carboxylic acids is 1. The lowest BCUT2D eigenvalue weighted by Crippen LogP contribution is -2.39. The summed E-state index contributed by atoms with van der Waals surface area (Å²) in [5.74, 6) is -1.02. The minimum absolute atomic E-state index is 0.0238. The van der Waals surface area contributed by atoms with Crippen LogP contribution < -0.4 is 5.32 Å².